The number of anilines is 2. The summed E-state index contributed by atoms with van der Waals surface area (Å²) in [6.45, 7) is 0. The van der Waals surface area contributed by atoms with Crippen LogP contribution in [0.3, 0.4) is 0 Å². The van der Waals surface area contributed by atoms with E-state index in [0.717, 1.165) is 15.4 Å². The first kappa shape index (κ1) is 12.5. The molecule has 0 spiro atoms. The van der Waals surface area contributed by atoms with Gasteiger partial charge >= 0.3 is 0 Å². The highest BCUT2D eigenvalue weighted by molar-refractivity contribution is 9.10. The molecule has 1 N–H and O–H groups in total. The van der Waals surface area contributed by atoms with Crippen LogP contribution in [0, 0.1) is 0 Å². The van der Waals surface area contributed by atoms with E-state index in [1.54, 1.807) is 24.3 Å². The molecule has 0 aliphatic heterocycles. The monoisotopic (exact) mass is 332 g/mol. The number of halogens is 1. The van der Waals surface area contributed by atoms with Crippen LogP contribution in [0.4, 0.5) is 10.8 Å². The average Bonchev–Trinajstić information content (AvgIpc) is 2.63. The maximum absolute atomic E-state index is 11.3. The summed E-state index contributed by atoms with van der Waals surface area (Å²) in [4.78, 5) is 4.49. The minimum absolute atomic E-state index is 0.309. The Labute approximate surface area is 112 Å². The van der Waals surface area contributed by atoms with E-state index in [-0.39, 0.29) is 0 Å². The van der Waals surface area contributed by atoms with E-state index in [1.165, 1.54) is 17.6 Å². The van der Waals surface area contributed by atoms with Crippen LogP contribution in [0.5, 0.6) is 0 Å². The van der Waals surface area contributed by atoms with E-state index < -0.39 is 9.84 Å². The molecule has 1 heterocycles. The van der Waals surface area contributed by atoms with Crippen LogP contribution in [0.15, 0.2) is 39.1 Å². The Balaban J connectivity index is 2.19. The maximum Gasteiger partial charge on any atom is 0.188 e. The van der Waals surface area contributed by atoms with E-state index in [9.17, 15) is 8.42 Å². The Kier molecular flexibility index (Phi) is 3.50. The van der Waals surface area contributed by atoms with Gasteiger partial charge in [0.2, 0.25) is 0 Å². The lowest BCUT2D eigenvalue weighted by molar-refractivity contribution is 0.602. The molecule has 17 heavy (non-hydrogen) atoms. The summed E-state index contributed by atoms with van der Waals surface area (Å²) < 4.78 is 23.3. The standard InChI is InChI=1S/C10H9BrN2O2S2/c1-17(14,15)8-4-2-7(3-5-8)12-10-13-9(11)6-16-10/h2-6H,1H3,(H,12,13). The number of aromatic nitrogens is 1. The molecule has 7 heteroatoms. The summed E-state index contributed by atoms with van der Waals surface area (Å²) in [7, 11) is -3.14. The van der Waals surface area contributed by atoms with Crippen LogP contribution < -0.4 is 5.32 Å². The van der Waals surface area contributed by atoms with Crippen molar-refractivity contribution in [2.24, 2.45) is 0 Å². The first-order chi connectivity index (χ1) is 7.95. The number of rotatable bonds is 3. The summed E-state index contributed by atoms with van der Waals surface area (Å²) in [6.07, 6.45) is 1.19. The molecule has 0 saturated heterocycles. The van der Waals surface area contributed by atoms with Gasteiger partial charge in [-0.3, -0.25) is 0 Å². The van der Waals surface area contributed by atoms with Gasteiger partial charge in [-0.15, -0.1) is 11.3 Å². The molecule has 0 atom stereocenters. The van der Waals surface area contributed by atoms with Gasteiger partial charge in [-0.1, -0.05) is 0 Å². The zero-order valence-electron chi connectivity index (χ0n) is 8.84. The molecule has 0 amide bonds. The third-order valence-electron chi connectivity index (χ3n) is 2.01. The van der Waals surface area contributed by atoms with Gasteiger partial charge < -0.3 is 5.32 Å². The lowest BCUT2D eigenvalue weighted by atomic mass is 10.3. The van der Waals surface area contributed by atoms with Gasteiger partial charge in [0.05, 0.1) is 4.90 Å². The van der Waals surface area contributed by atoms with Gasteiger partial charge in [-0.25, -0.2) is 13.4 Å². The van der Waals surface area contributed by atoms with Crippen LogP contribution in [-0.4, -0.2) is 19.7 Å². The fourth-order valence-electron chi connectivity index (χ4n) is 1.22. The van der Waals surface area contributed by atoms with Gasteiger partial charge in [-0.05, 0) is 40.2 Å². The van der Waals surface area contributed by atoms with E-state index in [0.29, 0.717) is 4.90 Å². The smallest absolute Gasteiger partial charge is 0.188 e. The average molecular weight is 333 g/mol. The third kappa shape index (κ3) is 3.27. The molecule has 2 aromatic rings. The molecule has 0 aliphatic carbocycles. The van der Waals surface area contributed by atoms with Crippen molar-refractivity contribution in [3.63, 3.8) is 0 Å². The highest BCUT2D eigenvalue weighted by atomic mass is 79.9. The molecule has 0 unspecified atom stereocenters. The Morgan fingerprint density at radius 3 is 2.41 bits per heavy atom. The van der Waals surface area contributed by atoms with E-state index in [2.05, 4.69) is 26.2 Å². The number of hydrogen-bond donors (Lipinski definition) is 1. The highest BCUT2D eigenvalue weighted by Gasteiger charge is 2.06. The fourth-order valence-corrected chi connectivity index (χ4v) is 3.02. The second-order valence-electron chi connectivity index (χ2n) is 3.40. The van der Waals surface area contributed by atoms with E-state index >= 15 is 0 Å². The number of sulfone groups is 1. The van der Waals surface area contributed by atoms with Crippen molar-refractivity contribution in [1.29, 1.82) is 0 Å². The van der Waals surface area contributed by atoms with Crippen LogP contribution in [0.25, 0.3) is 0 Å². The quantitative estimate of drug-likeness (QED) is 0.938. The van der Waals surface area contributed by atoms with Crippen LogP contribution in [0.2, 0.25) is 0 Å². The minimum atomic E-state index is -3.14. The van der Waals surface area contributed by atoms with Gasteiger partial charge in [0.1, 0.15) is 4.60 Å². The van der Waals surface area contributed by atoms with Crippen molar-refractivity contribution in [2.75, 3.05) is 11.6 Å². The van der Waals surface area contributed by atoms with Crippen molar-refractivity contribution in [3.05, 3.63) is 34.2 Å². The summed E-state index contributed by atoms with van der Waals surface area (Å²) in [5, 5.41) is 5.71. The molecule has 0 radical (unpaired) electrons. The molecule has 1 aromatic carbocycles. The van der Waals surface area contributed by atoms with Crippen molar-refractivity contribution < 1.29 is 8.42 Å². The van der Waals surface area contributed by atoms with Crippen molar-refractivity contribution in [3.8, 4) is 0 Å². The number of nitrogens with zero attached hydrogens (tertiary/aromatic N) is 1. The second kappa shape index (κ2) is 4.75. The number of hydrogen-bond acceptors (Lipinski definition) is 5. The van der Waals surface area contributed by atoms with Crippen molar-refractivity contribution in [2.45, 2.75) is 4.90 Å². The predicted molar refractivity (Wildman–Crippen MR) is 72.6 cm³/mol. The van der Waals surface area contributed by atoms with Gasteiger partial charge in [-0.2, -0.15) is 0 Å². The molecule has 4 nitrogen and oxygen atoms in total. The van der Waals surface area contributed by atoms with Crippen LogP contribution >= 0.6 is 27.3 Å². The Bertz CT molecular complexity index is 620. The molecule has 0 bridgehead atoms. The lowest BCUT2D eigenvalue weighted by Crippen LogP contribution is -1.97. The zero-order chi connectivity index (χ0) is 12.5. The van der Waals surface area contributed by atoms with Crippen molar-refractivity contribution in [1.82, 2.24) is 4.98 Å². The predicted octanol–water partition coefficient (Wildman–Crippen LogP) is 3.05. The maximum atomic E-state index is 11.3. The third-order valence-corrected chi connectivity index (χ3v) is 4.61. The molecule has 2 rings (SSSR count). The minimum Gasteiger partial charge on any atom is -0.332 e. The summed E-state index contributed by atoms with van der Waals surface area (Å²) in [6, 6.07) is 6.57. The summed E-state index contributed by atoms with van der Waals surface area (Å²) >= 11 is 4.73. The normalized spacial score (nSPS) is 11.4. The molecule has 90 valence electrons. The van der Waals surface area contributed by atoms with Crippen LogP contribution in [0.1, 0.15) is 0 Å². The number of benzene rings is 1. The zero-order valence-corrected chi connectivity index (χ0v) is 12.1. The highest BCUT2D eigenvalue weighted by Crippen LogP contribution is 2.24. The van der Waals surface area contributed by atoms with E-state index in [1.807, 2.05) is 5.38 Å². The van der Waals surface area contributed by atoms with Crippen molar-refractivity contribution >= 4 is 47.9 Å². The van der Waals surface area contributed by atoms with Gasteiger partial charge in [0.15, 0.2) is 15.0 Å². The van der Waals surface area contributed by atoms with E-state index in [4.69, 9.17) is 0 Å². The van der Waals surface area contributed by atoms with Gasteiger partial charge in [0.25, 0.3) is 0 Å². The fraction of sp³-hybridized carbons (Fsp3) is 0.100. The Hall–Kier alpha value is -0.920. The first-order valence-electron chi connectivity index (χ1n) is 4.63. The van der Waals surface area contributed by atoms with Crippen LogP contribution in [-0.2, 0) is 9.84 Å². The molecular formula is C10H9BrN2O2S2. The second-order valence-corrected chi connectivity index (χ2v) is 7.08. The largest absolute Gasteiger partial charge is 0.332 e. The topological polar surface area (TPSA) is 59.1 Å². The molecule has 1 aromatic heterocycles. The summed E-state index contributed by atoms with van der Waals surface area (Å²) in [5.74, 6) is 0. The molecule has 0 aliphatic rings. The number of nitrogens with one attached hydrogen (secondary N) is 1. The molecule has 0 fully saturated rings. The first-order valence-corrected chi connectivity index (χ1v) is 8.20. The Morgan fingerprint density at radius 2 is 1.94 bits per heavy atom. The summed E-state index contributed by atoms with van der Waals surface area (Å²) in [5.41, 5.74) is 0.805. The number of thiazole rings is 1. The van der Waals surface area contributed by atoms with Gasteiger partial charge in [0, 0.05) is 17.3 Å². The molecular weight excluding hydrogens is 324 g/mol. The molecule has 0 saturated carbocycles. The Morgan fingerprint density at radius 1 is 1.29 bits per heavy atom. The lowest BCUT2D eigenvalue weighted by Gasteiger charge is -2.03. The SMILES string of the molecule is CS(=O)(=O)c1ccc(Nc2nc(Br)cs2)cc1.